The molecule has 0 aliphatic carbocycles. The molecule has 0 aliphatic heterocycles. The third-order valence-corrected chi connectivity index (χ3v) is 3.41. The molecule has 0 saturated heterocycles. The molecule has 106 valence electrons. The van der Waals surface area contributed by atoms with Crippen LogP contribution in [0.5, 0.6) is 28.7 Å². The molecule has 0 spiro atoms. The van der Waals surface area contributed by atoms with Crippen LogP contribution in [0.1, 0.15) is 0 Å². The van der Waals surface area contributed by atoms with Gasteiger partial charge in [-0.1, -0.05) is 36.4 Å². The topological polar surface area (TPSA) is 101 Å². The maximum absolute atomic E-state index is 9.93. The molecule has 5 heteroatoms. The summed E-state index contributed by atoms with van der Waals surface area (Å²) in [7, 11) is 0. The summed E-state index contributed by atoms with van der Waals surface area (Å²) in [6.45, 7) is 0. The van der Waals surface area contributed by atoms with Crippen LogP contribution >= 0.6 is 0 Å². The highest BCUT2D eigenvalue weighted by Gasteiger charge is 2.24. The van der Waals surface area contributed by atoms with Gasteiger partial charge < -0.3 is 25.5 Å². The largest absolute Gasteiger partial charge is 0.504 e. The standard InChI is InChI=1S/C16H12O5/c17-12-11(13(18)15(20)16(21)14(12)19)10-6-5-8-3-1-2-4-9(8)7-10/h1-7,17-21H. The number of fused-ring (bicyclic) bond motifs is 1. The van der Waals surface area contributed by atoms with E-state index in [-0.39, 0.29) is 5.56 Å². The first-order valence-corrected chi connectivity index (χ1v) is 6.18. The lowest BCUT2D eigenvalue weighted by Crippen LogP contribution is -1.85. The predicted octanol–water partition coefficient (Wildman–Crippen LogP) is 3.03. The molecule has 0 radical (unpaired) electrons. The molecule has 0 aromatic heterocycles. The summed E-state index contributed by atoms with van der Waals surface area (Å²) >= 11 is 0. The van der Waals surface area contributed by atoms with E-state index in [1.807, 2.05) is 24.3 Å². The second-order valence-electron chi connectivity index (χ2n) is 4.68. The number of phenols is 5. The molecule has 0 saturated carbocycles. The smallest absolute Gasteiger partial charge is 0.208 e. The highest BCUT2D eigenvalue weighted by molar-refractivity contribution is 5.92. The zero-order valence-corrected chi connectivity index (χ0v) is 10.8. The Bertz CT molecular complexity index is 826. The van der Waals surface area contributed by atoms with Gasteiger partial charge in [0.05, 0.1) is 5.56 Å². The lowest BCUT2D eigenvalue weighted by atomic mass is 9.98. The number of aromatic hydroxyl groups is 5. The summed E-state index contributed by atoms with van der Waals surface area (Å²) in [6.07, 6.45) is 0. The van der Waals surface area contributed by atoms with E-state index in [1.54, 1.807) is 18.2 Å². The third kappa shape index (κ3) is 1.87. The Morgan fingerprint density at radius 1 is 0.524 bits per heavy atom. The predicted molar refractivity (Wildman–Crippen MR) is 77.7 cm³/mol. The molecule has 0 bridgehead atoms. The van der Waals surface area contributed by atoms with Gasteiger partial charge in [-0.15, -0.1) is 0 Å². The molecular formula is C16H12O5. The Kier molecular flexibility index (Phi) is 2.76. The van der Waals surface area contributed by atoms with E-state index >= 15 is 0 Å². The minimum atomic E-state index is -0.963. The zero-order valence-electron chi connectivity index (χ0n) is 10.8. The van der Waals surface area contributed by atoms with Crippen LogP contribution in [0.4, 0.5) is 0 Å². The Hall–Kier alpha value is -3.08. The monoisotopic (exact) mass is 284 g/mol. The normalized spacial score (nSPS) is 10.9. The van der Waals surface area contributed by atoms with Crippen LogP contribution in [0, 0.1) is 0 Å². The van der Waals surface area contributed by atoms with Crippen molar-refractivity contribution >= 4 is 10.8 Å². The zero-order chi connectivity index (χ0) is 15.1. The second-order valence-corrected chi connectivity index (χ2v) is 4.68. The van der Waals surface area contributed by atoms with Gasteiger partial charge in [0, 0.05) is 0 Å². The molecule has 21 heavy (non-hydrogen) atoms. The maximum Gasteiger partial charge on any atom is 0.208 e. The molecule has 3 aromatic rings. The van der Waals surface area contributed by atoms with Gasteiger partial charge in [0.15, 0.2) is 11.5 Å². The van der Waals surface area contributed by atoms with Crippen LogP contribution in [-0.4, -0.2) is 25.5 Å². The van der Waals surface area contributed by atoms with Crippen molar-refractivity contribution in [3.8, 4) is 39.9 Å². The van der Waals surface area contributed by atoms with Crippen molar-refractivity contribution in [2.24, 2.45) is 0 Å². The molecule has 5 N–H and O–H groups in total. The Morgan fingerprint density at radius 3 is 1.67 bits per heavy atom. The van der Waals surface area contributed by atoms with Crippen LogP contribution in [0.25, 0.3) is 21.9 Å². The summed E-state index contributed by atoms with van der Waals surface area (Å²) < 4.78 is 0. The second kappa shape index (κ2) is 4.49. The molecule has 5 nitrogen and oxygen atoms in total. The minimum Gasteiger partial charge on any atom is -0.504 e. The maximum atomic E-state index is 9.93. The van der Waals surface area contributed by atoms with Crippen LogP contribution in [0.2, 0.25) is 0 Å². The average Bonchev–Trinajstić information content (AvgIpc) is 2.51. The first-order valence-electron chi connectivity index (χ1n) is 6.18. The lowest BCUT2D eigenvalue weighted by molar-refractivity contribution is 0.330. The Labute approximate surface area is 119 Å². The van der Waals surface area contributed by atoms with E-state index in [0.29, 0.717) is 5.56 Å². The average molecular weight is 284 g/mol. The van der Waals surface area contributed by atoms with Gasteiger partial charge in [-0.2, -0.15) is 0 Å². The van der Waals surface area contributed by atoms with Crippen LogP contribution in [-0.2, 0) is 0 Å². The molecule has 0 aliphatic rings. The molecule has 3 aromatic carbocycles. The number of phenolic OH excluding ortho intramolecular Hbond substituents is 5. The molecule has 0 unspecified atom stereocenters. The van der Waals surface area contributed by atoms with Crippen molar-refractivity contribution in [1.29, 1.82) is 0 Å². The van der Waals surface area contributed by atoms with Crippen molar-refractivity contribution in [1.82, 2.24) is 0 Å². The third-order valence-electron chi connectivity index (χ3n) is 3.41. The van der Waals surface area contributed by atoms with Gasteiger partial charge in [-0.3, -0.25) is 0 Å². The number of benzene rings is 3. The van der Waals surface area contributed by atoms with Crippen molar-refractivity contribution in [2.75, 3.05) is 0 Å². The van der Waals surface area contributed by atoms with Gasteiger partial charge in [0.2, 0.25) is 17.2 Å². The Morgan fingerprint density at radius 2 is 1.05 bits per heavy atom. The van der Waals surface area contributed by atoms with E-state index in [4.69, 9.17) is 0 Å². The Balaban J connectivity index is 2.32. The van der Waals surface area contributed by atoms with Crippen LogP contribution in [0.3, 0.4) is 0 Å². The van der Waals surface area contributed by atoms with Gasteiger partial charge in [0.1, 0.15) is 0 Å². The van der Waals surface area contributed by atoms with Crippen molar-refractivity contribution in [3.05, 3.63) is 42.5 Å². The number of hydrogen-bond acceptors (Lipinski definition) is 5. The summed E-state index contributed by atoms with van der Waals surface area (Å²) in [5.74, 6) is -4.12. The molecule has 0 amide bonds. The molecule has 0 fully saturated rings. The fraction of sp³-hybridized carbons (Fsp3) is 0. The summed E-state index contributed by atoms with van der Waals surface area (Å²) in [5.41, 5.74) is 0.253. The van der Waals surface area contributed by atoms with E-state index < -0.39 is 28.7 Å². The van der Waals surface area contributed by atoms with Crippen molar-refractivity contribution in [3.63, 3.8) is 0 Å². The van der Waals surface area contributed by atoms with E-state index in [9.17, 15) is 25.5 Å². The first-order chi connectivity index (χ1) is 10.0. The highest BCUT2D eigenvalue weighted by atomic mass is 16.4. The summed E-state index contributed by atoms with van der Waals surface area (Å²) in [4.78, 5) is 0. The summed E-state index contributed by atoms with van der Waals surface area (Å²) in [5, 5.41) is 50.3. The van der Waals surface area contributed by atoms with Gasteiger partial charge >= 0.3 is 0 Å². The van der Waals surface area contributed by atoms with E-state index in [2.05, 4.69) is 0 Å². The SMILES string of the molecule is Oc1c(O)c(O)c(-c2ccc3ccccc3c2)c(O)c1O. The molecule has 3 rings (SSSR count). The van der Waals surface area contributed by atoms with Gasteiger partial charge in [-0.25, -0.2) is 0 Å². The molecular weight excluding hydrogens is 272 g/mol. The summed E-state index contributed by atoms with van der Waals surface area (Å²) in [6, 6.07) is 12.6. The number of hydrogen-bond donors (Lipinski definition) is 5. The highest BCUT2D eigenvalue weighted by Crippen LogP contribution is 2.54. The van der Waals surface area contributed by atoms with Gasteiger partial charge in [-0.05, 0) is 22.4 Å². The minimum absolute atomic E-state index is 0.145. The number of rotatable bonds is 1. The molecule has 0 heterocycles. The van der Waals surface area contributed by atoms with Crippen LogP contribution in [0.15, 0.2) is 42.5 Å². The first kappa shape index (κ1) is 12.9. The van der Waals surface area contributed by atoms with Crippen LogP contribution < -0.4 is 0 Å². The fourth-order valence-corrected chi connectivity index (χ4v) is 2.30. The van der Waals surface area contributed by atoms with E-state index in [1.165, 1.54) is 0 Å². The van der Waals surface area contributed by atoms with Gasteiger partial charge in [0.25, 0.3) is 0 Å². The lowest BCUT2D eigenvalue weighted by Gasteiger charge is -2.13. The fourth-order valence-electron chi connectivity index (χ4n) is 2.30. The quantitative estimate of drug-likeness (QED) is 0.349. The van der Waals surface area contributed by atoms with E-state index in [0.717, 1.165) is 10.8 Å². The molecule has 0 atom stereocenters. The van der Waals surface area contributed by atoms with Crippen molar-refractivity contribution in [2.45, 2.75) is 0 Å². The van der Waals surface area contributed by atoms with Crippen molar-refractivity contribution < 1.29 is 25.5 Å².